The molecule has 3 N–H and O–H groups in total. The summed E-state index contributed by atoms with van der Waals surface area (Å²) in [5, 5.41) is 9.96. The third kappa shape index (κ3) is 3.92. The smallest absolute Gasteiger partial charge is 0.235 e. The molecule has 100 valence electrons. The molecule has 3 unspecified atom stereocenters. The summed E-state index contributed by atoms with van der Waals surface area (Å²) >= 11 is 0. The highest BCUT2D eigenvalue weighted by atomic mass is 16.6. The van der Waals surface area contributed by atoms with Crippen LogP contribution in [0.4, 0.5) is 0 Å². The molecule has 0 saturated carbocycles. The van der Waals surface area contributed by atoms with Crippen molar-refractivity contribution < 1.29 is 19.4 Å². The van der Waals surface area contributed by atoms with E-state index in [2.05, 4.69) is 0 Å². The first-order valence-electron chi connectivity index (χ1n) is 5.68. The average molecular weight is 246 g/mol. The van der Waals surface area contributed by atoms with Crippen LogP contribution >= 0.6 is 0 Å². The number of ether oxygens (including phenoxy) is 2. The van der Waals surface area contributed by atoms with Gasteiger partial charge < -0.3 is 20.3 Å². The Morgan fingerprint density at radius 3 is 2.53 bits per heavy atom. The SMILES string of the molecule is COC1CC(C(N)=O)N(C(O)OC(C)(C)C)C1. The zero-order chi connectivity index (χ0) is 13.2. The van der Waals surface area contributed by atoms with Gasteiger partial charge >= 0.3 is 0 Å². The molecule has 1 fully saturated rings. The summed E-state index contributed by atoms with van der Waals surface area (Å²) in [4.78, 5) is 12.8. The first-order chi connectivity index (χ1) is 7.74. The zero-order valence-electron chi connectivity index (χ0n) is 10.8. The van der Waals surface area contributed by atoms with E-state index in [4.69, 9.17) is 15.2 Å². The number of hydrogen-bond acceptors (Lipinski definition) is 5. The Balaban J connectivity index is 2.69. The number of amides is 1. The van der Waals surface area contributed by atoms with Crippen molar-refractivity contribution in [2.24, 2.45) is 5.73 Å². The first kappa shape index (κ1) is 14.4. The Kier molecular flexibility index (Phi) is 4.48. The third-order valence-corrected chi connectivity index (χ3v) is 2.71. The van der Waals surface area contributed by atoms with E-state index in [1.165, 1.54) is 4.90 Å². The van der Waals surface area contributed by atoms with Gasteiger partial charge in [0.2, 0.25) is 12.3 Å². The highest BCUT2D eigenvalue weighted by Gasteiger charge is 2.40. The second-order valence-corrected chi connectivity index (χ2v) is 5.26. The maximum absolute atomic E-state index is 11.3. The minimum absolute atomic E-state index is 0.106. The lowest BCUT2D eigenvalue weighted by atomic mass is 10.2. The van der Waals surface area contributed by atoms with Crippen LogP contribution in [0, 0.1) is 0 Å². The van der Waals surface area contributed by atoms with Crippen molar-refractivity contribution in [3.8, 4) is 0 Å². The Labute approximate surface area is 102 Å². The largest absolute Gasteiger partial charge is 0.380 e. The molecule has 6 nitrogen and oxygen atoms in total. The van der Waals surface area contributed by atoms with Crippen LogP contribution in [0.5, 0.6) is 0 Å². The lowest BCUT2D eigenvalue weighted by Gasteiger charge is -2.32. The van der Waals surface area contributed by atoms with Crippen LogP contribution in [-0.4, -0.2) is 53.7 Å². The minimum Gasteiger partial charge on any atom is -0.380 e. The molecule has 0 bridgehead atoms. The summed E-state index contributed by atoms with van der Waals surface area (Å²) in [7, 11) is 1.57. The van der Waals surface area contributed by atoms with Gasteiger partial charge in [-0.2, -0.15) is 0 Å². The van der Waals surface area contributed by atoms with Crippen LogP contribution in [0.1, 0.15) is 27.2 Å². The van der Waals surface area contributed by atoms with Gasteiger partial charge in [-0.05, 0) is 27.2 Å². The highest BCUT2D eigenvalue weighted by molar-refractivity contribution is 5.80. The fraction of sp³-hybridized carbons (Fsp3) is 0.909. The molecule has 0 aromatic rings. The van der Waals surface area contributed by atoms with Gasteiger partial charge in [0.1, 0.15) is 0 Å². The molecule has 1 heterocycles. The van der Waals surface area contributed by atoms with Crippen molar-refractivity contribution >= 4 is 5.91 Å². The lowest BCUT2D eigenvalue weighted by molar-refractivity contribution is -0.242. The monoisotopic (exact) mass is 246 g/mol. The molecule has 0 aromatic carbocycles. The first-order valence-corrected chi connectivity index (χ1v) is 5.68. The number of rotatable bonds is 4. The summed E-state index contributed by atoms with van der Waals surface area (Å²) in [6.45, 7) is 5.93. The van der Waals surface area contributed by atoms with E-state index in [1.807, 2.05) is 20.8 Å². The van der Waals surface area contributed by atoms with Crippen LogP contribution in [0.2, 0.25) is 0 Å². The molecule has 17 heavy (non-hydrogen) atoms. The summed E-state index contributed by atoms with van der Waals surface area (Å²) in [5.41, 5.74) is 4.81. The Hall–Kier alpha value is -0.690. The zero-order valence-corrected chi connectivity index (χ0v) is 10.8. The van der Waals surface area contributed by atoms with Gasteiger partial charge in [-0.15, -0.1) is 0 Å². The number of likely N-dealkylation sites (tertiary alicyclic amines) is 1. The van der Waals surface area contributed by atoms with Gasteiger partial charge in [-0.1, -0.05) is 0 Å². The van der Waals surface area contributed by atoms with Crippen LogP contribution < -0.4 is 5.73 Å². The van der Waals surface area contributed by atoms with Crippen molar-refractivity contribution in [1.29, 1.82) is 0 Å². The van der Waals surface area contributed by atoms with Gasteiger partial charge in [0.15, 0.2) is 0 Å². The van der Waals surface area contributed by atoms with E-state index >= 15 is 0 Å². The molecule has 1 rings (SSSR count). The maximum atomic E-state index is 11.3. The topological polar surface area (TPSA) is 85.0 Å². The van der Waals surface area contributed by atoms with Crippen LogP contribution in [0.3, 0.4) is 0 Å². The quantitative estimate of drug-likeness (QED) is 0.662. The molecule has 1 aliphatic heterocycles. The number of nitrogens with zero attached hydrogens (tertiary/aromatic N) is 1. The molecular formula is C11H22N2O4. The molecule has 0 aromatic heterocycles. The summed E-state index contributed by atoms with van der Waals surface area (Å²) < 4.78 is 10.6. The second kappa shape index (κ2) is 5.30. The predicted octanol–water partition coefficient (Wildman–Crippen LogP) is -0.348. The lowest BCUT2D eigenvalue weighted by Crippen LogP contribution is -2.49. The van der Waals surface area contributed by atoms with E-state index < -0.39 is 24.0 Å². The maximum Gasteiger partial charge on any atom is 0.235 e. The van der Waals surface area contributed by atoms with E-state index in [0.29, 0.717) is 13.0 Å². The molecule has 3 atom stereocenters. The summed E-state index contributed by atoms with van der Waals surface area (Å²) in [6, 6.07) is -0.544. The predicted molar refractivity (Wildman–Crippen MR) is 61.9 cm³/mol. The Morgan fingerprint density at radius 1 is 1.53 bits per heavy atom. The number of aliphatic hydroxyl groups is 1. The molecule has 1 amide bonds. The number of primary amides is 1. The van der Waals surface area contributed by atoms with Gasteiger partial charge in [0.25, 0.3) is 0 Å². The van der Waals surface area contributed by atoms with Crippen molar-refractivity contribution in [3.05, 3.63) is 0 Å². The number of aliphatic hydroxyl groups excluding tert-OH is 1. The van der Waals surface area contributed by atoms with E-state index in [9.17, 15) is 9.90 Å². The van der Waals surface area contributed by atoms with E-state index in [1.54, 1.807) is 7.11 Å². The van der Waals surface area contributed by atoms with Crippen LogP contribution in [0.25, 0.3) is 0 Å². The molecule has 0 radical (unpaired) electrons. The second-order valence-electron chi connectivity index (χ2n) is 5.26. The number of carbonyl (C=O) groups excluding carboxylic acids is 1. The minimum atomic E-state index is -1.15. The van der Waals surface area contributed by atoms with Crippen LogP contribution in [-0.2, 0) is 14.3 Å². The van der Waals surface area contributed by atoms with Gasteiger partial charge in [-0.25, -0.2) is 4.90 Å². The van der Waals surface area contributed by atoms with Gasteiger partial charge in [0.05, 0.1) is 17.7 Å². The highest BCUT2D eigenvalue weighted by Crippen LogP contribution is 2.24. The van der Waals surface area contributed by atoms with Crippen molar-refractivity contribution in [1.82, 2.24) is 4.90 Å². The molecule has 1 aliphatic rings. The summed E-state index contributed by atoms with van der Waals surface area (Å²) in [6.07, 6.45) is -0.769. The molecule has 0 spiro atoms. The number of methoxy groups -OCH3 is 1. The number of hydrogen-bond donors (Lipinski definition) is 2. The standard InChI is InChI=1S/C11H22N2O4/c1-11(2,3)17-10(15)13-6-7(16-4)5-8(13)9(12)14/h7-8,10,15H,5-6H2,1-4H3,(H2,12,14). The molecule has 1 saturated heterocycles. The van der Waals surface area contributed by atoms with Crippen LogP contribution in [0.15, 0.2) is 0 Å². The van der Waals surface area contributed by atoms with Crippen molar-refractivity contribution in [2.75, 3.05) is 13.7 Å². The average Bonchev–Trinajstić information content (AvgIpc) is 2.58. The fourth-order valence-corrected chi connectivity index (χ4v) is 1.90. The van der Waals surface area contributed by atoms with E-state index in [0.717, 1.165) is 0 Å². The Bertz CT molecular complexity index is 277. The van der Waals surface area contributed by atoms with Crippen molar-refractivity contribution in [2.45, 2.75) is 51.4 Å². The van der Waals surface area contributed by atoms with E-state index in [-0.39, 0.29) is 6.10 Å². The molecule has 0 aliphatic carbocycles. The fourth-order valence-electron chi connectivity index (χ4n) is 1.90. The van der Waals surface area contributed by atoms with Crippen molar-refractivity contribution in [3.63, 3.8) is 0 Å². The third-order valence-electron chi connectivity index (χ3n) is 2.71. The molecular weight excluding hydrogens is 224 g/mol. The number of nitrogens with two attached hydrogens (primary N) is 1. The van der Waals surface area contributed by atoms with Gasteiger partial charge in [-0.3, -0.25) is 4.79 Å². The Morgan fingerprint density at radius 2 is 2.12 bits per heavy atom. The molecule has 6 heteroatoms. The summed E-state index contributed by atoms with van der Waals surface area (Å²) in [5.74, 6) is -0.471. The number of carbonyl (C=O) groups is 1. The van der Waals surface area contributed by atoms with Gasteiger partial charge in [0, 0.05) is 13.7 Å². The normalized spacial score (nSPS) is 28.3.